The third-order valence-corrected chi connectivity index (χ3v) is 3.72. The van der Waals surface area contributed by atoms with E-state index in [1.54, 1.807) is 0 Å². The molecule has 0 radical (unpaired) electrons. The van der Waals surface area contributed by atoms with Gasteiger partial charge in [-0.25, -0.2) is 0 Å². The Bertz CT molecular complexity index is 415. The van der Waals surface area contributed by atoms with Crippen molar-refractivity contribution in [2.75, 3.05) is 0 Å². The molecule has 1 aromatic carbocycles. The van der Waals surface area contributed by atoms with Gasteiger partial charge in [-0.05, 0) is 30.4 Å². The average Bonchev–Trinajstić information content (AvgIpc) is 2.28. The van der Waals surface area contributed by atoms with Crippen LogP contribution >= 0.6 is 0 Å². The van der Waals surface area contributed by atoms with Gasteiger partial charge in [-0.15, -0.1) is 0 Å². The SMILES string of the molecule is CCc1ccccc1C(O)C1(C#N)CCC1. The van der Waals surface area contributed by atoms with E-state index in [0.717, 1.165) is 36.8 Å². The number of nitrogens with zero attached hydrogens (tertiary/aromatic N) is 1. The zero-order valence-electron chi connectivity index (χ0n) is 9.61. The van der Waals surface area contributed by atoms with Gasteiger partial charge in [0.05, 0.1) is 17.6 Å². The molecule has 2 nitrogen and oxygen atoms in total. The molecule has 1 aliphatic carbocycles. The topological polar surface area (TPSA) is 44.0 Å². The van der Waals surface area contributed by atoms with Crippen LogP contribution in [-0.4, -0.2) is 5.11 Å². The molecule has 0 aliphatic heterocycles. The van der Waals surface area contributed by atoms with Crippen LogP contribution in [0.15, 0.2) is 24.3 Å². The van der Waals surface area contributed by atoms with Crippen molar-refractivity contribution >= 4 is 0 Å². The minimum atomic E-state index is -0.623. The molecular weight excluding hydrogens is 198 g/mol. The number of aryl methyl sites for hydroxylation is 1. The Labute approximate surface area is 96.5 Å². The molecule has 2 heteroatoms. The van der Waals surface area contributed by atoms with E-state index >= 15 is 0 Å². The molecule has 16 heavy (non-hydrogen) atoms. The quantitative estimate of drug-likeness (QED) is 0.842. The molecule has 0 heterocycles. The van der Waals surface area contributed by atoms with E-state index in [4.69, 9.17) is 0 Å². The zero-order chi connectivity index (χ0) is 11.6. The maximum Gasteiger partial charge on any atom is 0.0978 e. The van der Waals surface area contributed by atoms with E-state index in [9.17, 15) is 10.4 Å². The van der Waals surface area contributed by atoms with Crippen molar-refractivity contribution in [3.63, 3.8) is 0 Å². The maximum absolute atomic E-state index is 10.4. The Morgan fingerprint density at radius 2 is 2.12 bits per heavy atom. The van der Waals surface area contributed by atoms with Gasteiger partial charge in [-0.1, -0.05) is 37.6 Å². The lowest BCUT2D eigenvalue weighted by Gasteiger charge is -2.40. The standard InChI is InChI=1S/C14H17NO/c1-2-11-6-3-4-7-12(11)13(16)14(10-15)8-5-9-14/h3-4,6-7,13,16H,2,5,8-9H2,1H3. The van der Waals surface area contributed by atoms with Crippen molar-refractivity contribution < 1.29 is 5.11 Å². The number of nitriles is 1. The molecule has 1 atom stereocenters. The van der Waals surface area contributed by atoms with Crippen molar-refractivity contribution in [3.05, 3.63) is 35.4 Å². The molecule has 1 N–H and O–H groups in total. The minimum Gasteiger partial charge on any atom is -0.387 e. The normalized spacial score (nSPS) is 19.6. The van der Waals surface area contributed by atoms with Crippen LogP contribution in [0, 0.1) is 16.7 Å². The van der Waals surface area contributed by atoms with Crippen molar-refractivity contribution in [2.24, 2.45) is 5.41 Å². The lowest BCUT2D eigenvalue weighted by Crippen LogP contribution is -2.34. The molecular formula is C14H17NO. The fraction of sp³-hybridized carbons (Fsp3) is 0.500. The lowest BCUT2D eigenvalue weighted by molar-refractivity contribution is 0.00740. The first-order chi connectivity index (χ1) is 7.73. The molecule has 0 bridgehead atoms. The highest BCUT2D eigenvalue weighted by atomic mass is 16.3. The molecule has 0 aromatic heterocycles. The molecule has 0 saturated heterocycles. The summed E-state index contributed by atoms with van der Waals surface area (Å²) in [6.07, 6.45) is 2.97. The summed E-state index contributed by atoms with van der Waals surface area (Å²) in [6.45, 7) is 2.07. The van der Waals surface area contributed by atoms with Crippen LogP contribution in [0.2, 0.25) is 0 Å². The number of hydrogen-bond donors (Lipinski definition) is 1. The van der Waals surface area contributed by atoms with Crippen molar-refractivity contribution in [2.45, 2.75) is 38.7 Å². The van der Waals surface area contributed by atoms with Crippen LogP contribution in [0.4, 0.5) is 0 Å². The van der Waals surface area contributed by atoms with Gasteiger partial charge in [-0.2, -0.15) is 5.26 Å². The Kier molecular flexibility index (Phi) is 2.98. The number of aliphatic hydroxyl groups is 1. The summed E-state index contributed by atoms with van der Waals surface area (Å²) >= 11 is 0. The summed E-state index contributed by atoms with van der Waals surface area (Å²) in [4.78, 5) is 0. The summed E-state index contributed by atoms with van der Waals surface area (Å²) in [7, 11) is 0. The molecule has 84 valence electrons. The number of hydrogen-bond acceptors (Lipinski definition) is 2. The van der Waals surface area contributed by atoms with Gasteiger partial charge < -0.3 is 5.11 Å². The molecule has 1 fully saturated rings. The fourth-order valence-electron chi connectivity index (χ4n) is 2.42. The Hall–Kier alpha value is -1.33. The third-order valence-electron chi connectivity index (χ3n) is 3.72. The number of rotatable bonds is 3. The molecule has 0 amide bonds. The van der Waals surface area contributed by atoms with E-state index in [2.05, 4.69) is 13.0 Å². The second kappa shape index (κ2) is 4.27. The van der Waals surface area contributed by atoms with Gasteiger partial charge in [0.2, 0.25) is 0 Å². The lowest BCUT2D eigenvalue weighted by atomic mass is 9.64. The van der Waals surface area contributed by atoms with E-state index in [0.29, 0.717) is 0 Å². The predicted molar refractivity (Wildman–Crippen MR) is 62.7 cm³/mol. The van der Waals surface area contributed by atoms with Crippen LogP contribution < -0.4 is 0 Å². The minimum absolute atomic E-state index is 0.523. The molecule has 1 unspecified atom stereocenters. The smallest absolute Gasteiger partial charge is 0.0978 e. The van der Waals surface area contributed by atoms with Crippen molar-refractivity contribution in [3.8, 4) is 6.07 Å². The zero-order valence-corrected chi connectivity index (χ0v) is 9.61. The Morgan fingerprint density at radius 1 is 1.44 bits per heavy atom. The summed E-state index contributed by atoms with van der Waals surface area (Å²) in [5.74, 6) is 0. The number of benzene rings is 1. The van der Waals surface area contributed by atoms with Crippen molar-refractivity contribution in [1.29, 1.82) is 5.26 Å². The maximum atomic E-state index is 10.4. The van der Waals surface area contributed by atoms with Crippen LogP contribution in [-0.2, 0) is 6.42 Å². The van der Waals surface area contributed by atoms with E-state index in [1.807, 2.05) is 24.3 Å². The van der Waals surface area contributed by atoms with E-state index in [-0.39, 0.29) is 0 Å². The monoisotopic (exact) mass is 215 g/mol. The summed E-state index contributed by atoms with van der Waals surface area (Å²) in [5, 5.41) is 19.6. The van der Waals surface area contributed by atoms with Crippen LogP contribution in [0.1, 0.15) is 43.4 Å². The van der Waals surface area contributed by atoms with Crippen molar-refractivity contribution in [1.82, 2.24) is 0 Å². The van der Waals surface area contributed by atoms with E-state index < -0.39 is 11.5 Å². The van der Waals surface area contributed by atoms with Gasteiger partial charge in [0.15, 0.2) is 0 Å². The van der Waals surface area contributed by atoms with Gasteiger partial charge >= 0.3 is 0 Å². The molecule has 1 aromatic rings. The highest BCUT2D eigenvalue weighted by molar-refractivity contribution is 5.32. The van der Waals surface area contributed by atoms with Gasteiger partial charge in [-0.3, -0.25) is 0 Å². The molecule has 2 rings (SSSR count). The molecule has 1 saturated carbocycles. The Balaban J connectivity index is 2.34. The predicted octanol–water partition coefficient (Wildman–Crippen LogP) is 2.98. The second-order valence-electron chi connectivity index (χ2n) is 4.58. The second-order valence-corrected chi connectivity index (χ2v) is 4.58. The van der Waals surface area contributed by atoms with E-state index in [1.165, 1.54) is 0 Å². The van der Waals surface area contributed by atoms with Crippen LogP contribution in [0.5, 0.6) is 0 Å². The fourth-order valence-corrected chi connectivity index (χ4v) is 2.42. The largest absolute Gasteiger partial charge is 0.387 e. The number of aliphatic hydroxyl groups excluding tert-OH is 1. The average molecular weight is 215 g/mol. The summed E-state index contributed by atoms with van der Waals surface area (Å²) < 4.78 is 0. The van der Waals surface area contributed by atoms with Gasteiger partial charge in [0.25, 0.3) is 0 Å². The highest BCUT2D eigenvalue weighted by Crippen LogP contribution is 2.50. The first-order valence-corrected chi connectivity index (χ1v) is 5.90. The van der Waals surface area contributed by atoms with Crippen LogP contribution in [0.3, 0.4) is 0 Å². The highest BCUT2D eigenvalue weighted by Gasteiger charge is 2.45. The first kappa shape index (κ1) is 11.2. The Morgan fingerprint density at radius 3 is 2.62 bits per heavy atom. The molecule has 1 aliphatic rings. The van der Waals surface area contributed by atoms with Gasteiger partial charge in [0.1, 0.15) is 0 Å². The summed E-state index contributed by atoms with van der Waals surface area (Å²) in [5.41, 5.74) is 1.56. The first-order valence-electron chi connectivity index (χ1n) is 5.90. The molecule has 0 spiro atoms. The summed E-state index contributed by atoms with van der Waals surface area (Å²) in [6, 6.07) is 10.2. The van der Waals surface area contributed by atoms with Gasteiger partial charge in [0, 0.05) is 0 Å². The third kappa shape index (κ3) is 1.62. The van der Waals surface area contributed by atoms with Crippen LogP contribution in [0.25, 0.3) is 0 Å².